The molecule has 13 heteroatoms. The van der Waals surface area contributed by atoms with E-state index in [1.165, 1.54) is 24.3 Å². The monoisotopic (exact) mass is 586 g/mol. The summed E-state index contributed by atoms with van der Waals surface area (Å²) in [4.78, 5) is 52.1. The van der Waals surface area contributed by atoms with Gasteiger partial charge in [0.1, 0.15) is 12.2 Å². The van der Waals surface area contributed by atoms with E-state index in [1.807, 2.05) is 4.72 Å². The van der Waals surface area contributed by atoms with Gasteiger partial charge in [-0.1, -0.05) is 23.7 Å². The number of carbonyl (C=O) groups excluding carboxylic acids is 4. The molecule has 0 saturated carbocycles. The van der Waals surface area contributed by atoms with E-state index in [0.717, 1.165) is 11.8 Å². The maximum atomic E-state index is 12.7. The van der Waals surface area contributed by atoms with Crippen molar-refractivity contribution in [3.05, 3.63) is 94.3 Å². The largest absolute Gasteiger partial charge is 0.462 e. The van der Waals surface area contributed by atoms with Crippen molar-refractivity contribution in [1.82, 2.24) is 20.3 Å². The van der Waals surface area contributed by atoms with Gasteiger partial charge in [-0.15, -0.1) is 0 Å². The Morgan fingerprint density at radius 3 is 2.10 bits per heavy atom. The number of hydrogen-bond donors (Lipinski definition) is 3. The Labute approximate surface area is 236 Å². The van der Waals surface area contributed by atoms with Gasteiger partial charge in [-0.2, -0.15) is 0 Å². The molecule has 11 nitrogen and oxygen atoms in total. The quantitative estimate of drug-likeness (QED) is 0.289. The van der Waals surface area contributed by atoms with Crippen LogP contribution in [0, 0.1) is 0 Å². The molecule has 210 valence electrons. The van der Waals surface area contributed by atoms with Gasteiger partial charge in [0.15, 0.2) is 0 Å². The lowest BCUT2D eigenvalue weighted by Gasteiger charge is -2.10. The fourth-order valence-electron chi connectivity index (χ4n) is 3.31. The lowest BCUT2D eigenvalue weighted by Crippen LogP contribution is -2.32. The highest BCUT2D eigenvalue weighted by Crippen LogP contribution is 2.13. The molecule has 0 saturated heterocycles. The molecule has 3 aromatic rings. The van der Waals surface area contributed by atoms with E-state index in [2.05, 4.69) is 15.6 Å². The first-order chi connectivity index (χ1) is 18.9. The first-order valence-corrected chi connectivity index (χ1v) is 13.9. The van der Waals surface area contributed by atoms with Crippen molar-refractivity contribution in [3.63, 3.8) is 0 Å². The molecule has 3 N–H and O–H groups in total. The normalized spacial score (nSPS) is 11.0. The second-order valence-electron chi connectivity index (χ2n) is 8.74. The summed E-state index contributed by atoms with van der Waals surface area (Å²) >= 11 is 5.82. The molecule has 0 aliphatic rings. The third-order valence-electron chi connectivity index (χ3n) is 5.29. The van der Waals surface area contributed by atoms with Crippen LogP contribution < -0.4 is 15.4 Å². The molecule has 2 aromatic carbocycles. The van der Waals surface area contributed by atoms with Crippen LogP contribution in [0.3, 0.4) is 0 Å². The lowest BCUT2D eigenvalue weighted by molar-refractivity contribution is -0.146. The Balaban J connectivity index is 1.51. The highest BCUT2D eigenvalue weighted by atomic mass is 35.5. The molecule has 3 amide bonds. The average molecular weight is 587 g/mol. The zero-order chi connectivity index (χ0) is 29.3. The Kier molecular flexibility index (Phi) is 10.3. The third kappa shape index (κ3) is 8.89. The van der Waals surface area contributed by atoms with E-state index in [9.17, 15) is 27.6 Å². The Morgan fingerprint density at radius 2 is 1.50 bits per heavy atom. The molecule has 0 radical (unpaired) electrons. The van der Waals surface area contributed by atoms with Gasteiger partial charge >= 0.3 is 5.97 Å². The number of carbonyl (C=O) groups is 4. The van der Waals surface area contributed by atoms with Crippen LogP contribution in [-0.4, -0.2) is 56.3 Å². The molecule has 1 heterocycles. The lowest BCUT2D eigenvalue weighted by atomic mass is 10.1. The minimum absolute atomic E-state index is 0.0725. The minimum Gasteiger partial charge on any atom is -0.462 e. The van der Waals surface area contributed by atoms with Crippen LogP contribution in [0.5, 0.6) is 0 Å². The van der Waals surface area contributed by atoms with Gasteiger partial charge in [0.2, 0.25) is 0 Å². The van der Waals surface area contributed by atoms with Crippen molar-refractivity contribution < 1.29 is 32.3 Å². The Morgan fingerprint density at radius 1 is 0.850 bits per heavy atom. The molecule has 0 aliphatic carbocycles. The molecule has 0 unspecified atom stereocenters. The van der Waals surface area contributed by atoms with E-state index in [1.54, 1.807) is 50.2 Å². The van der Waals surface area contributed by atoms with Crippen LogP contribution in [0.2, 0.25) is 5.02 Å². The zero-order valence-electron chi connectivity index (χ0n) is 21.6. The number of hydrogen-bond acceptors (Lipinski definition) is 8. The molecular weight excluding hydrogens is 560 g/mol. The number of halogens is 1. The van der Waals surface area contributed by atoms with E-state index in [-0.39, 0.29) is 34.7 Å². The summed E-state index contributed by atoms with van der Waals surface area (Å²) in [5.74, 6) is -2.47. The van der Waals surface area contributed by atoms with Crippen LogP contribution in [0.4, 0.5) is 0 Å². The number of amides is 3. The highest BCUT2D eigenvalue weighted by Gasteiger charge is 2.20. The van der Waals surface area contributed by atoms with Crippen molar-refractivity contribution in [2.24, 2.45) is 0 Å². The van der Waals surface area contributed by atoms with Gasteiger partial charge in [-0.25, -0.2) is 13.1 Å². The Hall–Kier alpha value is -4.29. The maximum absolute atomic E-state index is 12.7. The fourth-order valence-corrected chi connectivity index (χ4v) is 4.41. The number of benzene rings is 2. The number of rotatable bonds is 11. The number of sulfonamides is 1. The van der Waals surface area contributed by atoms with Crippen molar-refractivity contribution in [2.75, 3.05) is 13.1 Å². The number of nitrogens with zero attached hydrogens (tertiary/aromatic N) is 1. The van der Waals surface area contributed by atoms with Crippen LogP contribution >= 0.6 is 11.6 Å². The Bertz CT molecular complexity index is 1470. The SMILES string of the molecule is CC(C)OC(=O)CNC(=O)c1ccc(C(=O)NS(=O)(=O)c2ccc(CCNC(=O)c3ccc(Cl)cc3)cc2)cn1. The smallest absolute Gasteiger partial charge is 0.325 e. The van der Waals surface area contributed by atoms with E-state index >= 15 is 0 Å². The second-order valence-corrected chi connectivity index (χ2v) is 10.9. The number of nitrogens with one attached hydrogen (secondary N) is 3. The summed E-state index contributed by atoms with van der Waals surface area (Å²) in [5.41, 5.74) is 1.08. The molecule has 3 rings (SSSR count). The standard InChI is InChI=1S/C27H27ClN4O7S/c1-17(2)39-24(33)16-31-27(36)23-12-7-20(15-30-23)26(35)32-40(37,38)22-10-3-18(4-11-22)13-14-29-25(34)19-5-8-21(28)9-6-19/h3-12,15,17H,13-14,16H2,1-2H3,(H,29,34)(H,31,36)(H,32,35). The van der Waals surface area contributed by atoms with Crippen LogP contribution in [0.1, 0.15) is 50.6 Å². The zero-order valence-corrected chi connectivity index (χ0v) is 23.2. The van der Waals surface area contributed by atoms with Crippen LogP contribution in [0.15, 0.2) is 71.8 Å². The molecule has 0 spiro atoms. The molecule has 0 atom stereocenters. The van der Waals surface area contributed by atoms with Gasteiger partial charge in [0, 0.05) is 23.3 Å². The summed E-state index contributed by atoms with van der Waals surface area (Å²) in [6, 6.07) is 14.8. The number of ether oxygens (including phenoxy) is 1. The van der Waals surface area contributed by atoms with Crippen molar-refractivity contribution in [1.29, 1.82) is 0 Å². The summed E-state index contributed by atoms with van der Waals surface area (Å²) < 4.78 is 32.2. The van der Waals surface area contributed by atoms with E-state index in [0.29, 0.717) is 23.6 Å². The maximum Gasteiger partial charge on any atom is 0.325 e. The van der Waals surface area contributed by atoms with Gasteiger partial charge in [0.25, 0.3) is 27.7 Å². The molecule has 0 aliphatic heterocycles. The molecule has 40 heavy (non-hydrogen) atoms. The van der Waals surface area contributed by atoms with E-state index < -0.39 is 27.8 Å². The topological polar surface area (TPSA) is 161 Å². The number of esters is 1. The van der Waals surface area contributed by atoms with Crippen LogP contribution in [0.25, 0.3) is 0 Å². The first kappa shape index (κ1) is 30.3. The number of pyridine rings is 1. The van der Waals surface area contributed by atoms with Gasteiger partial charge in [0.05, 0.1) is 16.6 Å². The summed E-state index contributed by atoms with van der Waals surface area (Å²) in [6.45, 7) is 3.33. The first-order valence-electron chi connectivity index (χ1n) is 12.1. The highest BCUT2D eigenvalue weighted by molar-refractivity contribution is 7.90. The second kappa shape index (κ2) is 13.7. The molecule has 1 aromatic heterocycles. The third-order valence-corrected chi connectivity index (χ3v) is 6.88. The van der Waals surface area contributed by atoms with Crippen LogP contribution in [-0.2, 0) is 26.0 Å². The van der Waals surface area contributed by atoms with E-state index in [4.69, 9.17) is 16.3 Å². The number of aromatic nitrogens is 1. The van der Waals surface area contributed by atoms with Gasteiger partial charge in [-0.3, -0.25) is 24.2 Å². The summed E-state index contributed by atoms with van der Waals surface area (Å²) in [5, 5.41) is 5.65. The predicted molar refractivity (Wildman–Crippen MR) is 146 cm³/mol. The summed E-state index contributed by atoms with van der Waals surface area (Å²) in [6.07, 6.45) is 1.18. The fraction of sp³-hybridized carbons (Fsp3) is 0.222. The molecular formula is C27H27ClN4O7S. The minimum atomic E-state index is -4.19. The average Bonchev–Trinajstić information content (AvgIpc) is 2.92. The van der Waals surface area contributed by atoms with Crippen molar-refractivity contribution in [3.8, 4) is 0 Å². The van der Waals surface area contributed by atoms with Crippen molar-refractivity contribution in [2.45, 2.75) is 31.3 Å². The van der Waals surface area contributed by atoms with Crippen molar-refractivity contribution >= 4 is 45.3 Å². The molecule has 0 fully saturated rings. The molecule has 0 bridgehead atoms. The van der Waals surface area contributed by atoms with Gasteiger partial charge in [-0.05, 0) is 74.4 Å². The van der Waals surface area contributed by atoms with Gasteiger partial charge < -0.3 is 15.4 Å². The summed E-state index contributed by atoms with van der Waals surface area (Å²) in [7, 11) is -4.19. The predicted octanol–water partition coefficient (Wildman–Crippen LogP) is 2.51.